The number of rotatable bonds is 2. The van der Waals surface area contributed by atoms with Crippen LogP contribution in [0.2, 0.25) is 0 Å². The highest BCUT2D eigenvalue weighted by molar-refractivity contribution is 5.99. The van der Waals surface area contributed by atoms with Crippen LogP contribution in [-0.2, 0) is 4.79 Å². The zero-order chi connectivity index (χ0) is 10.8. The van der Waals surface area contributed by atoms with Crippen LogP contribution in [0.5, 0.6) is 0 Å². The van der Waals surface area contributed by atoms with Gasteiger partial charge < -0.3 is 4.90 Å². The molecule has 1 aromatic carbocycles. The minimum Gasteiger partial charge on any atom is -0.360 e. The lowest BCUT2D eigenvalue weighted by atomic mass is 10.0. The number of benzene rings is 1. The number of carbonyl (C=O) groups excluding carboxylic acids is 1. The molecule has 0 aromatic heterocycles. The highest BCUT2D eigenvalue weighted by Gasteiger charge is 2.22. The van der Waals surface area contributed by atoms with E-state index in [0.29, 0.717) is 0 Å². The fraction of sp³-hybridized carbons (Fsp3) is 0.154. The zero-order valence-corrected chi connectivity index (χ0v) is 8.68. The summed E-state index contributed by atoms with van der Waals surface area (Å²) >= 11 is 0. The van der Waals surface area contributed by atoms with Crippen molar-refractivity contribution in [2.45, 2.75) is 6.04 Å². The number of nitrogens with zero attached hydrogens (tertiary/aromatic N) is 1. The lowest BCUT2D eigenvalue weighted by Crippen LogP contribution is -2.37. The molecule has 1 unspecified atom stereocenters. The first-order valence-electron chi connectivity index (χ1n) is 4.90. The van der Waals surface area contributed by atoms with Crippen LogP contribution >= 0.6 is 0 Å². The van der Waals surface area contributed by atoms with Gasteiger partial charge in [0.15, 0.2) is 5.78 Å². The highest BCUT2D eigenvalue weighted by Crippen LogP contribution is 2.27. The first-order valence-corrected chi connectivity index (χ1v) is 4.90. The molecular formula is C13H13NO. The van der Waals surface area contributed by atoms with E-state index in [9.17, 15) is 4.79 Å². The summed E-state index contributed by atoms with van der Waals surface area (Å²) in [4.78, 5) is 13.5. The second kappa shape index (κ2) is 3.73. The van der Waals surface area contributed by atoms with E-state index >= 15 is 0 Å². The van der Waals surface area contributed by atoms with Gasteiger partial charge in [-0.1, -0.05) is 36.9 Å². The predicted molar refractivity (Wildman–Crippen MR) is 62.9 cm³/mol. The molecule has 0 amide bonds. The summed E-state index contributed by atoms with van der Waals surface area (Å²) in [5.41, 5.74) is 2.23. The summed E-state index contributed by atoms with van der Waals surface area (Å²) in [5.74, 6) is 0.0308. The van der Waals surface area contributed by atoms with Gasteiger partial charge in [-0.2, -0.15) is 0 Å². The van der Waals surface area contributed by atoms with Crippen molar-refractivity contribution >= 4 is 17.5 Å². The zero-order valence-electron chi connectivity index (χ0n) is 8.68. The Hall–Kier alpha value is -1.83. The Balaban J connectivity index is 2.41. The van der Waals surface area contributed by atoms with E-state index in [0.717, 1.165) is 11.3 Å². The van der Waals surface area contributed by atoms with Crippen molar-refractivity contribution in [1.82, 2.24) is 0 Å². The lowest BCUT2D eigenvalue weighted by molar-refractivity contribution is -0.114. The van der Waals surface area contributed by atoms with E-state index in [1.54, 1.807) is 0 Å². The maximum Gasteiger partial charge on any atom is 0.181 e. The fourth-order valence-electron chi connectivity index (χ4n) is 1.83. The molecule has 0 N–H and O–H groups in total. The summed E-state index contributed by atoms with van der Waals surface area (Å²) in [6, 6.07) is 7.81. The number of ketones is 1. The van der Waals surface area contributed by atoms with Gasteiger partial charge in [-0.05, 0) is 17.7 Å². The van der Waals surface area contributed by atoms with E-state index in [-0.39, 0.29) is 11.8 Å². The molecule has 1 aliphatic rings. The standard InChI is InChI=1S/C13H13NO/c1-3-13(15)12-9-8-10-6-4-5-7-11(10)14(12)2/h3-9,12H,1H2,2H3. The number of carbonyl (C=O) groups is 1. The Bertz CT molecular complexity index is 434. The Labute approximate surface area is 89.5 Å². The molecule has 76 valence electrons. The topological polar surface area (TPSA) is 20.3 Å². The molecule has 0 spiro atoms. The van der Waals surface area contributed by atoms with Gasteiger partial charge in [-0.25, -0.2) is 0 Å². The fourth-order valence-corrected chi connectivity index (χ4v) is 1.83. The number of hydrogen-bond acceptors (Lipinski definition) is 2. The Kier molecular flexibility index (Phi) is 2.42. The number of fused-ring (bicyclic) bond motifs is 1. The van der Waals surface area contributed by atoms with Crippen LogP contribution in [0.1, 0.15) is 5.56 Å². The maximum atomic E-state index is 11.6. The van der Waals surface area contributed by atoms with Crippen molar-refractivity contribution in [3.05, 3.63) is 48.6 Å². The summed E-state index contributed by atoms with van der Waals surface area (Å²) in [5, 5.41) is 0. The van der Waals surface area contributed by atoms with Gasteiger partial charge in [0, 0.05) is 12.7 Å². The third kappa shape index (κ3) is 1.59. The molecule has 1 atom stereocenters. The molecule has 0 aliphatic carbocycles. The molecule has 0 fully saturated rings. The Morgan fingerprint density at radius 1 is 1.47 bits per heavy atom. The van der Waals surface area contributed by atoms with Crippen molar-refractivity contribution < 1.29 is 4.79 Å². The van der Waals surface area contributed by atoms with E-state index in [2.05, 4.69) is 6.58 Å². The molecule has 1 aliphatic heterocycles. The highest BCUT2D eigenvalue weighted by atomic mass is 16.1. The summed E-state index contributed by atoms with van der Waals surface area (Å²) in [7, 11) is 1.92. The number of likely N-dealkylation sites (N-methyl/N-ethyl adjacent to an activating group) is 1. The van der Waals surface area contributed by atoms with Gasteiger partial charge in [0.25, 0.3) is 0 Å². The van der Waals surface area contributed by atoms with Gasteiger partial charge in [-0.3, -0.25) is 4.79 Å². The average Bonchev–Trinajstić information content (AvgIpc) is 2.29. The van der Waals surface area contributed by atoms with Crippen molar-refractivity contribution in [2.24, 2.45) is 0 Å². The molecule has 0 bridgehead atoms. The molecule has 2 rings (SSSR count). The molecular weight excluding hydrogens is 186 g/mol. The lowest BCUT2D eigenvalue weighted by Gasteiger charge is -2.30. The van der Waals surface area contributed by atoms with Gasteiger partial charge >= 0.3 is 0 Å². The van der Waals surface area contributed by atoms with Crippen LogP contribution in [0.3, 0.4) is 0 Å². The van der Waals surface area contributed by atoms with Gasteiger partial charge in [0.2, 0.25) is 0 Å². The first kappa shape index (κ1) is 9.71. The van der Waals surface area contributed by atoms with E-state index in [1.165, 1.54) is 6.08 Å². The number of para-hydroxylation sites is 1. The SMILES string of the molecule is C=CC(=O)C1C=Cc2ccccc2N1C. The summed E-state index contributed by atoms with van der Waals surface area (Å²) in [6.45, 7) is 3.52. The van der Waals surface area contributed by atoms with Gasteiger partial charge in [-0.15, -0.1) is 0 Å². The number of anilines is 1. The molecule has 15 heavy (non-hydrogen) atoms. The smallest absolute Gasteiger partial charge is 0.181 e. The van der Waals surface area contributed by atoms with E-state index in [1.807, 2.05) is 48.4 Å². The molecule has 2 heteroatoms. The van der Waals surface area contributed by atoms with Crippen molar-refractivity contribution in [3.63, 3.8) is 0 Å². The van der Waals surface area contributed by atoms with Crippen LogP contribution in [0.15, 0.2) is 43.0 Å². The van der Waals surface area contributed by atoms with Gasteiger partial charge in [0.05, 0.1) is 0 Å². The van der Waals surface area contributed by atoms with Crippen LogP contribution in [0.25, 0.3) is 6.08 Å². The van der Waals surface area contributed by atoms with Crippen molar-refractivity contribution in [3.8, 4) is 0 Å². The number of hydrogen-bond donors (Lipinski definition) is 0. The maximum absolute atomic E-state index is 11.6. The summed E-state index contributed by atoms with van der Waals surface area (Å²) < 4.78 is 0. The van der Waals surface area contributed by atoms with Crippen LogP contribution in [0.4, 0.5) is 5.69 Å². The second-order valence-electron chi connectivity index (χ2n) is 3.58. The van der Waals surface area contributed by atoms with Crippen molar-refractivity contribution in [2.75, 3.05) is 11.9 Å². The quantitative estimate of drug-likeness (QED) is 0.681. The van der Waals surface area contributed by atoms with Crippen LogP contribution in [-0.4, -0.2) is 18.9 Å². The Morgan fingerprint density at radius 3 is 2.93 bits per heavy atom. The molecule has 0 saturated heterocycles. The van der Waals surface area contributed by atoms with Crippen molar-refractivity contribution in [1.29, 1.82) is 0 Å². The predicted octanol–water partition coefficient (Wildman–Crippen LogP) is 2.27. The minimum absolute atomic E-state index is 0.0308. The third-order valence-corrected chi connectivity index (χ3v) is 2.68. The van der Waals surface area contributed by atoms with E-state index in [4.69, 9.17) is 0 Å². The van der Waals surface area contributed by atoms with Crippen LogP contribution < -0.4 is 4.90 Å². The molecule has 1 heterocycles. The third-order valence-electron chi connectivity index (χ3n) is 2.68. The summed E-state index contributed by atoms with van der Waals surface area (Å²) in [6.07, 6.45) is 5.27. The molecule has 2 nitrogen and oxygen atoms in total. The average molecular weight is 199 g/mol. The normalized spacial score (nSPS) is 18.5. The Morgan fingerprint density at radius 2 is 2.20 bits per heavy atom. The first-order chi connectivity index (χ1) is 7.24. The van der Waals surface area contributed by atoms with Gasteiger partial charge in [0.1, 0.15) is 6.04 Å². The monoisotopic (exact) mass is 199 g/mol. The largest absolute Gasteiger partial charge is 0.360 e. The minimum atomic E-state index is -0.211. The molecule has 1 aromatic rings. The molecule has 0 saturated carbocycles. The van der Waals surface area contributed by atoms with Crippen LogP contribution in [0, 0.1) is 0 Å². The van der Waals surface area contributed by atoms with E-state index < -0.39 is 0 Å². The second-order valence-corrected chi connectivity index (χ2v) is 3.58. The molecule has 0 radical (unpaired) electrons.